The highest BCUT2D eigenvalue weighted by Crippen LogP contribution is 2.42. The molecule has 2 N–H and O–H groups in total. The molecular formula is C34H47ClN4O6. The second-order valence-electron chi connectivity index (χ2n) is 12.2. The summed E-state index contributed by atoms with van der Waals surface area (Å²) in [5, 5.41) is 11.8. The molecule has 0 spiro atoms. The van der Waals surface area contributed by atoms with Gasteiger partial charge in [-0.1, -0.05) is 27.7 Å². The first-order valence-electron chi connectivity index (χ1n) is 15.6. The zero-order chi connectivity index (χ0) is 32.0. The number of nitrogens with one attached hydrogen (secondary N) is 2. The first kappa shape index (κ1) is 35.7. The third-order valence-electron chi connectivity index (χ3n) is 7.84. The molecule has 0 unspecified atom stereocenters. The average Bonchev–Trinajstić information content (AvgIpc) is 3.62. The van der Waals surface area contributed by atoms with Gasteiger partial charge in [-0.05, 0) is 68.4 Å². The molecule has 1 saturated heterocycles. The number of ketones is 1. The van der Waals surface area contributed by atoms with Crippen molar-refractivity contribution in [1.82, 2.24) is 10.2 Å². The average molecular weight is 643 g/mol. The van der Waals surface area contributed by atoms with Crippen LogP contribution in [0.15, 0.2) is 24.3 Å². The van der Waals surface area contributed by atoms with Gasteiger partial charge in [0, 0.05) is 42.9 Å². The number of fused-ring (bicyclic) bond motifs is 1. The van der Waals surface area contributed by atoms with Gasteiger partial charge < -0.3 is 29.3 Å². The van der Waals surface area contributed by atoms with Gasteiger partial charge in [0.25, 0.3) is 5.91 Å². The minimum absolute atomic E-state index is 0. The topological polar surface area (TPSA) is 121 Å². The molecule has 2 aliphatic heterocycles. The third-order valence-corrected chi connectivity index (χ3v) is 7.84. The van der Waals surface area contributed by atoms with E-state index >= 15 is 0 Å². The number of halogens is 1. The van der Waals surface area contributed by atoms with Crippen molar-refractivity contribution in [2.75, 3.05) is 50.9 Å². The Morgan fingerprint density at radius 3 is 2.31 bits per heavy atom. The number of amidine groups is 1. The fourth-order valence-electron chi connectivity index (χ4n) is 5.62. The Bertz CT molecular complexity index is 1410. The van der Waals surface area contributed by atoms with Crippen LogP contribution in [0.3, 0.4) is 0 Å². The van der Waals surface area contributed by atoms with E-state index in [1.165, 1.54) is 0 Å². The Kier molecular flexibility index (Phi) is 12.3. The summed E-state index contributed by atoms with van der Waals surface area (Å²) in [5.74, 6) is 0.467. The molecule has 0 radical (unpaired) electrons. The minimum Gasteiger partial charge on any atom is -0.493 e. The number of carbonyl (C=O) groups excluding carboxylic acids is 3. The molecule has 0 saturated carbocycles. The molecule has 2 aromatic carbocycles. The van der Waals surface area contributed by atoms with Crippen LogP contribution in [-0.2, 0) is 21.5 Å². The van der Waals surface area contributed by atoms with Crippen molar-refractivity contribution in [3.05, 3.63) is 52.1 Å². The van der Waals surface area contributed by atoms with Crippen molar-refractivity contribution in [2.45, 2.75) is 72.8 Å². The summed E-state index contributed by atoms with van der Waals surface area (Å²) in [7, 11) is 0. The zero-order valence-corrected chi connectivity index (χ0v) is 28.2. The number of carbonyl (C=O) groups is 3. The molecular weight excluding hydrogens is 596 g/mol. The van der Waals surface area contributed by atoms with Gasteiger partial charge in [0.2, 0.25) is 0 Å². The molecule has 2 aromatic rings. The lowest BCUT2D eigenvalue weighted by Gasteiger charge is -2.29. The van der Waals surface area contributed by atoms with E-state index in [1.54, 1.807) is 17.9 Å². The monoisotopic (exact) mass is 642 g/mol. The van der Waals surface area contributed by atoms with Gasteiger partial charge in [-0.25, -0.2) is 4.79 Å². The molecule has 0 aromatic heterocycles. The maximum Gasteiger partial charge on any atom is 0.344 e. The normalized spacial score (nSPS) is 14.1. The lowest BCUT2D eigenvalue weighted by Crippen LogP contribution is -2.31. The number of benzene rings is 2. The van der Waals surface area contributed by atoms with Crippen molar-refractivity contribution >= 4 is 41.6 Å². The molecule has 2 heterocycles. The number of Topliss-reactive ketones (excluding diaryl/α,β-unsaturated/α-hetero) is 1. The van der Waals surface area contributed by atoms with Gasteiger partial charge in [-0.2, -0.15) is 0 Å². The van der Waals surface area contributed by atoms with Crippen LogP contribution in [0.25, 0.3) is 0 Å². The van der Waals surface area contributed by atoms with Crippen LogP contribution in [0.5, 0.6) is 11.5 Å². The van der Waals surface area contributed by atoms with Gasteiger partial charge in [-0.15, -0.1) is 12.4 Å². The maximum absolute atomic E-state index is 13.9. The SMILES string of the molecule is CCCNC(=O)c1cc2c(cc1OCC)CN(CC(=O)c1cc(N3CCCC3)c(OCC(=O)OCC)c(C(C)(C)C)c1)C2=N.Cl. The number of rotatable bonds is 13. The number of hydrogen-bond donors (Lipinski definition) is 2. The van der Waals surface area contributed by atoms with Crippen LogP contribution >= 0.6 is 12.4 Å². The molecule has 246 valence electrons. The second-order valence-corrected chi connectivity index (χ2v) is 12.2. The Morgan fingerprint density at radius 1 is 0.978 bits per heavy atom. The Hall–Kier alpha value is -3.79. The molecule has 1 amide bonds. The lowest BCUT2D eigenvalue weighted by atomic mass is 9.84. The maximum atomic E-state index is 13.9. The second kappa shape index (κ2) is 15.5. The number of anilines is 1. The number of amides is 1. The quantitative estimate of drug-likeness (QED) is 0.217. The van der Waals surface area contributed by atoms with E-state index in [-0.39, 0.29) is 55.1 Å². The lowest BCUT2D eigenvalue weighted by molar-refractivity contribution is -0.145. The van der Waals surface area contributed by atoms with E-state index in [9.17, 15) is 14.4 Å². The third kappa shape index (κ3) is 8.28. The number of hydrogen-bond acceptors (Lipinski definition) is 8. The summed E-state index contributed by atoms with van der Waals surface area (Å²) in [5.41, 5.74) is 3.63. The van der Waals surface area contributed by atoms with Crippen molar-refractivity contribution in [1.29, 1.82) is 5.41 Å². The number of ether oxygens (including phenoxy) is 3. The molecule has 11 heteroatoms. The highest BCUT2D eigenvalue weighted by Gasteiger charge is 2.32. The molecule has 0 aliphatic carbocycles. The molecule has 45 heavy (non-hydrogen) atoms. The van der Waals surface area contributed by atoms with Gasteiger partial charge in [0.1, 0.15) is 17.3 Å². The summed E-state index contributed by atoms with van der Waals surface area (Å²) < 4.78 is 17.0. The van der Waals surface area contributed by atoms with Gasteiger partial charge in [0.15, 0.2) is 12.4 Å². The summed E-state index contributed by atoms with van der Waals surface area (Å²) in [6, 6.07) is 7.24. The fraction of sp³-hybridized carbons (Fsp3) is 0.529. The van der Waals surface area contributed by atoms with E-state index in [0.717, 1.165) is 49.2 Å². The molecule has 0 atom stereocenters. The number of nitrogens with zero attached hydrogens (tertiary/aromatic N) is 2. The van der Waals surface area contributed by atoms with Gasteiger partial charge in [-0.3, -0.25) is 15.0 Å². The smallest absolute Gasteiger partial charge is 0.344 e. The zero-order valence-electron chi connectivity index (χ0n) is 27.3. The van der Waals surface area contributed by atoms with Crippen LogP contribution in [0.2, 0.25) is 0 Å². The molecule has 0 bridgehead atoms. The molecule has 1 fully saturated rings. The highest BCUT2D eigenvalue weighted by atomic mass is 35.5. The summed E-state index contributed by atoms with van der Waals surface area (Å²) >= 11 is 0. The fourth-order valence-corrected chi connectivity index (χ4v) is 5.62. The Balaban J connectivity index is 0.00000552. The van der Waals surface area contributed by atoms with E-state index in [0.29, 0.717) is 47.9 Å². The summed E-state index contributed by atoms with van der Waals surface area (Å²) in [6.45, 7) is 14.8. The first-order chi connectivity index (χ1) is 21.0. The largest absolute Gasteiger partial charge is 0.493 e. The van der Waals surface area contributed by atoms with E-state index < -0.39 is 5.97 Å². The standard InChI is InChI=1S/C34H46N4O6.ClH/c1-7-12-36-33(41)25-18-24-23(17-29(25)42-8-2)19-38(32(24)35)20-28(39)22-15-26(34(4,5)6)31(44-21-30(40)43-9-3)27(16-22)37-13-10-11-14-37;/h15-18,35H,7-14,19-21H2,1-6H3,(H,36,41);1H. The van der Waals surface area contributed by atoms with Crippen LogP contribution in [0, 0.1) is 5.41 Å². The van der Waals surface area contributed by atoms with Gasteiger partial charge in [0.05, 0.1) is 31.0 Å². The Morgan fingerprint density at radius 2 is 1.69 bits per heavy atom. The van der Waals surface area contributed by atoms with Gasteiger partial charge >= 0.3 is 5.97 Å². The molecule has 4 rings (SSSR count). The first-order valence-corrected chi connectivity index (χ1v) is 15.6. The summed E-state index contributed by atoms with van der Waals surface area (Å²) in [6.07, 6.45) is 2.87. The molecule has 10 nitrogen and oxygen atoms in total. The van der Waals surface area contributed by atoms with Crippen molar-refractivity contribution in [2.24, 2.45) is 0 Å². The van der Waals surface area contributed by atoms with Crippen molar-refractivity contribution in [3.63, 3.8) is 0 Å². The van der Waals surface area contributed by atoms with Crippen molar-refractivity contribution in [3.8, 4) is 11.5 Å². The predicted molar refractivity (Wildman–Crippen MR) is 178 cm³/mol. The summed E-state index contributed by atoms with van der Waals surface area (Å²) in [4.78, 5) is 42.9. The predicted octanol–water partition coefficient (Wildman–Crippen LogP) is 5.51. The molecule has 2 aliphatic rings. The van der Waals surface area contributed by atoms with Crippen molar-refractivity contribution < 1.29 is 28.6 Å². The van der Waals surface area contributed by atoms with E-state index in [1.807, 2.05) is 32.0 Å². The van der Waals surface area contributed by atoms with Crippen LogP contribution in [0.1, 0.15) is 98.2 Å². The minimum atomic E-state index is -0.439. The number of esters is 1. The van der Waals surface area contributed by atoms with Crippen LogP contribution in [-0.4, -0.2) is 74.4 Å². The van der Waals surface area contributed by atoms with Crippen LogP contribution in [0.4, 0.5) is 5.69 Å². The van der Waals surface area contributed by atoms with Crippen LogP contribution < -0.4 is 19.7 Å². The van der Waals surface area contributed by atoms with E-state index in [2.05, 4.69) is 31.0 Å². The van der Waals surface area contributed by atoms with E-state index in [4.69, 9.17) is 19.6 Å². The highest BCUT2D eigenvalue weighted by molar-refractivity contribution is 6.08. The Labute approximate surface area is 272 Å².